The lowest BCUT2D eigenvalue weighted by atomic mass is 10.2. The van der Waals surface area contributed by atoms with Crippen LogP contribution in [0.4, 0.5) is 5.69 Å². The molecule has 1 amide bonds. The van der Waals surface area contributed by atoms with E-state index in [0.717, 1.165) is 16.9 Å². The number of anilines is 1. The Morgan fingerprint density at radius 2 is 2.05 bits per heavy atom. The molecule has 2 N–H and O–H groups in total. The van der Waals surface area contributed by atoms with Gasteiger partial charge in [-0.1, -0.05) is 17.7 Å². The number of amides is 1. The number of carbonyl (C=O) groups is 1. The number of aryl methyl sites for hydroxylation is 1. The predicted octanol–water partition coefficient (Wildman–Crippen LogP) is 3.39. The monoisotopic (exact) mass is 422 g/mol. The zero-order valence-electron chi connectivity index (χ0n) is 11.4. The van der Waals surface area contributed by atoms with Gasteiger partial charge in [0.2, 0.25) is 5.91 Å². The minimum absolute atomic E-state index is 0.144. The number of sulfonamides is 1. The zero-order chi connectivity index (χ0) is 16.3. The SMILES string of the molecule is Cc1ccc(NC(=O)CNS(=O)(=O)c2ccc(Br)s2)cc1Cl. The number of rotatable bonds is 5. The molecule has 0 saturated heterocycles. The molecule has 0 fully saturated rings. The van der Waals surface area contributed by atoms with Crippen molar-refractivity contribution in [3.8, 4) is 0 Å². The minimum atomic E-state index is -3.69. The second-order valence-corrected chi connectivity index (χ2v) is 9.26. The first-order chi connectivity index (χ1) is 10.3. The molecule has 0 unspecified atom stereocenters. The van der Waals surface area contributed by atoms with Gasteiger partial charge in [0, 0.05) is 10.7 Å². The summed E-state index contributed by atoms with van der Waals surface area (Å²) in [6, 6.07) is 8.18. The van der Waals surface area contributed by atoms with Crippen LogP contribution in [0.5, 0.6) is 0 Å². The van der Waals surface area contributed by atoms with Crippen molar-refractivity contribution in [2.45, 2.75) is 11.1 Å². The van der Waals surface area contributed by atoms with E-state index in [0.29, 0.717) is 14.5 Å². The topological polar surface area (TPSA) is 75.3 Å². The van der Waals surface area contributed by atoms with Gasteiger partial charge in [-0.15, -0.1) is 11.3 Å². The maximum atomic E-state index is 12.0. The normalized spacial score (nSPS) is 11.4. The van der Waals surface area contributed by atoms with Crippen molar-refractivity contribution >= 4 is 60.5 Å². The van der Waals surface area contributed by atoms with Crippen LogP contribution in [0.15, 0.2) is 38.3 Å². The average Bonchev–Trinajstić information content (AvgIpc) is 2.88. The van der Waals surface area contributed by atoms with Gasteiger partial charge in [-0.25, -0.2) is 13.1 Å². The van der Waals surface area contributed by atoms with E-state index in [-0.39, 0.29) is 10.8 Å². The summed E-state index contributed by atoms with van der Waals surface area (Å²) in [5.41, 5.74) is 1.40. The van der Waals surface area contributed by atoms with E-state index in [4.69, 9.17) is 11.6 Å². The van der Waals surface area contributed by atoms with Crippen LogP contribution in [0, 0.1) is 6.92 Å². The fourth-order valence-corrected chi connectivity index (χ4v) is 4.77. The van der Waals surface area contributed by atoms with Gasteiger partial charge in [-0.3, -0.25) is 4.79 Å². The van der Waals surface area contributed by atoms with Crippen LogP contribution in [0.2, 0.25) is 5.02 Å². The van der Waals surface area contributed by atoms with Crippen LogP contribution in [0.25, 0.3) is 0 Å². The van der Waals surface area contributed by atoms with Crippen molar-refractivity contribution in [2.24, 2.45) is 0 Å². The molecule has 1 heterocycles. The molecule has 22 heavy (non-hydrogen) atoms. The number of hydrogen-bond donors (Lipinski definition) is 2. The van der Waals surface area contributed by atoms with E-state index in [1.807, 2.05) is 6.92 Å². The molecule has 118 valence electrons. The van der Waals surface area contributed by atoms with Crippen molar-refractivity contribution in [1.82, 2.24) is 4.72 Å². The maximum absolute atomic E-state index is 12.0. The molecule has 0 saturated carbocycles. The second kappa shape index (κ2) is 7.10. The number of thiophene rings is 1. The van der Waals surface area contributed by atoms with Crippen molar-refractivity contribution < 1.29 is 13.2 Å². The number of nitrogens with one attached hydrogen (secondary N) is 2. The van der Waals surface area contributed by atoms with Gasteiger partial charge in [0.1, 0.15) is 4.21 Å². The number of halogens is 2. The smallest absolute Gasteiger partial charge is 0.250 e. The standard InChI is InChI=1S/C13H12BrClN2O3S2/c1-8-2-3-9(6-10(8)15)17-12(18)7-16-22(19,20)13-5-4-11(14)21-13/h2-6,16H,7H2,1H3,(H,17,18). The summed E-state index contributed by atoms with van der Waals surface area (Å²) in [5.74, 6) is -0.473. The molecule has 2 rings (SSSR count). The highest BCUT2D eigenvalue weighted by atomic mass is 79.9. The summed E-state index contributed by atoms with van der Waals surface area (Å²) >= 11 is 10.2. The van der Waals surface area contributed by atoms with Gasteiger partial charge in [-0.2, -0.15) is 0 Å². The van der Waals surface area contributed by atoms with Crippen molar-refractivity contribution in [1.29, 1.82) is 0 Å². The Kier molecular flexibility index (Phi) is 5.62. The Balaban J connectivity index is 1.96. The Morgan fingerprint density at radius 1 is 1.32 bits per heavy atom. The molecule has 1 aromatic carbocycles. The number of carbonyl (C=O) groups excluding carboxylic acids is 1. The Hall–Kier alpha value is -0.930. The Morgan fingerprint density at radius 3 is 2.64 bits per heavy atom. The van der Waals surface area contributed by atoms with Crippen LogP contribution < -0.4 is 10.0 Å². The largest absolute Gasteiger partial charge is 0.325 e. The van der Waals surface area contributed by atoms with Gasteiger partial charge < -0.3 is 5.32 Å². The first kappa shape index (κ1) is 17.4. The summed E-state index contributed by atoms with van der Waals surface area (Å²) in [7, 11) is -3.69. The number of benzene rings is 1. The van der Waals surface area contributed by atoms with Crippen LogP contribution in [0.3, 0.4) is 0 Å². The van der Waals surface area contributed by atoms with Gasteiger partial charge in [-0.05, 0) is 52.7 Å². The van der Waals surface area contributed by atoms with Gasteiger partial charge >= 0.3 is 0 Å². The van der Waals surface area contributed by atoms with Crippen LogP contribution in [-0.2, 0) is 14.8 Å². The molecule has 9 heteroatoms. The second-order valence-electron chi connectivity index (χ2n) is 4.40. The summed E-state index contributed by atoms with van der Waals surface area (Å²) in [6.07, 6.45) is 0. The third-order valence-electron chi connectivity index (χ3n) is 2.69. The van der Waals surface area contributed by atoms with Crippen LogP contribution in [-0.4, -0.2) is 20.9 Å². The molecular weight excluding hydrogens is 412 g/mol. The first-order valence-corrected chi connectivity index (χ1v) is 9.56. The fraction of sp³-hybridized carbons (Fsp3) is 0.154. The van der Waals surface area contributed by atoms with E-state index >= 15 is 0 Å². The lowest BCUT2D eigenvalue weighted by molar-refractivity contribution is -0.115. The van der Waals surface area contributed by atoms with Gasteiger partial charge in [0.15, 0.2) is 0 Å². The van der Waals surface area contributed by atoms with E-state index in [2.05, 4.69) is 26.0 Å². The van der Waals surface area contributed by atoms with E-state index in [1.165, 1.54) is 6.07 Å². The minimum Gasteiger partial charge on any atom is -0.325 e. The Labute approximate surface area is 145 Å². The third kappa shape index (κ3) is 4.53. The van der Waals surface area contributed by atoms with Crippen molar-refractivity contribution in [2.75, 3.05) is 11.9 Å². The molecule has 0 spiro atoms. The van der Waals surface area contributed by atoms with E-state index < -0.39 is 15.9 Å². The first-order valence-electron chi connectivity index (χ1n) is 6.09. The van der Waals surface area contributed by atoms with Gasteiger partial charge in [0.25, 0.3) is 10.0 Å². The molecule has 0 bridgehead atoms. The van der Waals surface area contributed by atoms with Crippen LogP contribution >= 0.6 is 38.9 Å². The Bertz CT molecular complexity index is 805. The average molecular weight is 424 g/mol. The maximum Gasteiger partial charge on any atom is 0.250 e. The van der Waals surface area contributed by atoms with Crippen molar-refractivity contribution in [3.05, 3.63) is 44.7 Å². The summed E-state index contributed by atoms with van der Waals surface area (Å²) in [4.78, 5) is 11.8. The highest BCUT2D eigenvalue weighted by molar-refractivity contribution is 9.11. The summed E-state index contributed by atoms with van der Waals surface area (Å²) in [5, 5.41) is 3.11. The van der Waals surface area contributed by atoms with E-state index in [1.54, 1.807) is 24.3 Å². The molecule has 0 aliphatic rings. The molecule has 0 radical (unpaired) electrons. The highest BCUT2D eigenvalue weighted by Crippen LogP contribution is 2.25. The van der Waals surface area contributed by atoms with E-state index in [9.17, 15) is 13.2 Å². The molecule has 0 aliphatic carbocycles. The van der Waals surface area contributed by atoms with Gasteiger partial charge in [0.05, 0.1) is 10.3 Å². The lowest BCUT2D eigenvalue weighted by Crippen LogP contribution is -2.32. The highest BCUT2D eigenvalue weighted by Gasteiger charge is 2.17. The predicted molar refractivity (Wildman–Crippen MR) is 92.0 cm³/mol. The zero-order valence-corrected chi connectivity index (χ0v) is 15.4. The molecule has 5 nitrogen and oxygen atoms in total. The van der Waals surface area contributed by atoms with Crippen LogP contribution in [0.1, 0.15) is 5.56 Å². The molecule has 0 aliphatic heterocycles. The summed E-state index contributed by atoms with van der Waals surface area (Å²) in [6.45, 7) is 1.49. The fourth-order valence-electron chi connectivity index (χ4n) is 1.55. The quantitative estimate of drug-likeness (QED) is 0.774. The lowest BCUT2D eigenvalue weighted by Gasteiger charge is -2.08. The third-order valence-corrected chi connectivity index (χ3v) is 6.62. The molecule has 1 aromatic heterocycles. The van der Waals surface area contributed by atoms with Crippen molar-refractivity contribution in [3.63, 3.8) is 0 Å². The molecule has 2 aromatic rings. The molecular formula is C13H12BrClN2O3S2. The summed E-state index contributed by atoms with van der Waals surface area (Å²) < 4.78 is 27.1. The number of hydrogen-bond acceptors (Lipinski definition) is 4. The molecule has 0 atom stereocenters.